The van der Waals surface area contributed by atoms with E-state index in [0.717, 1.165) is 11.1 Å². The molecule has 4 aromatic carbocycles. The van der Waals surface area contributed by atoms with E-state index in [2.05, 4.69) is 15.4 Å². The Bertz CT molecular complexity index is 1570. The monoisotopic (exact) mass is 527 g/mol. The fourth-order valence-corrected chi connectivity index (χ4v) is 5.12. The van der Waals surface area contributed by atoms with E-state index < -0.39 is 15.9 Å². The number of hydrogen-bond acceptors (Lipinski definition) is 4. The fourth-order valence-electron chi connectivity index (χ4n) is 3.99. The van der Waals surface area contributed by atoms with Gasteiger partial charge in [0.1, 0.15) is 0 Å². The van der Waals surface area contributed by atoms with E-state index in [1.807, 2.05) is 44.2 Å². The van der Waals surface area contributed by atoms with Crippen LogP contribution in [0, 0.1) is 13.8 Å². The maximum atomic E-state index is 13.3. The lowest BCUT2D eigenvalue weighted by Crippen LogP contribution is -2.28. The lowest BCUT2D eigenvalue weighted by Gasteiger charge is -2.17. The highest BCUT2D eigenvalue weighted by Crippen LogP contribution is 2.25. The number of para-hydroxylation sites is 1. The van der Waals surface area contributed by atoms with Crippen molar-refractivity contribution < 1.29 is 18.0 Å². The minimum atomic E-state index is -3.84. The molecule has 0 aromatic heterocycles. The molecule has 7 nitrogen and oxygen atoms in total. The zero-order chi connectivity index (χ0) is 27.3. The normalized spacial score (nSPS) is 11.9. The van der Waals surface area contributed by atoms with Crippen molar-refractivity contribution in [2.45, 2.75) is 31.7 Å². The number of sulfonamides is 1. The van der Waals surface area contributed by atoms with Gasteiger partial charge in [-0.05, 0) is 68.3 Å². The van der Waals surface area contributed by atoms with Crippen LogP contribution in [-0.2, 0) is 10.0 Å². The molecule has 0 heterocycles. The molecule has 0 aliphatic rings. The maximum absolute atomic E-state index is 13.3. The molecule has 0 bridgehead atoms. The highest BCUT2D eigenvalue weighted by Gasteiger charge is 2.20. The zero-order valence-electron chi connectivity index (χ0n) is 21.4. The van der Waals surface area contributed by atoms with Crippen LogP contribution in [0.15, 0.2) is 102 Å². The van der Waals surface area contributed by atoms with Gasteiger partial charge in [-0.1, -0.05) is 66.2 Å². The predicted molar refractivity (Wildman–Crippen MR) is 150 cm³/mol. The average molecular weight is 528 g/mol. The zero-order valence-corrected chi connectivity index (χ0v) is 22.2. The van der Waals surface area contributed by atoms with Crippen LogP contribution in [0.5, 0.6) is 0 Å². The molecule has 0 aliphatic heterocycles. The number of amides is 2. The minimum Gasteiger partial charge on any atom is -0.345 e. The average Bonchev–Trinajstić information content (AvgIpc) is 2.90. The second-order valence-corrected chi connectivity index (χ2v) is 10.7. The summed E-state index contributed by atoms with van der Waals surface area (Å²) in [5.74, 6) is -0.788. The molecular formula is C30H29N3O4S. The fraction of sp³-hybridized carbons (Fsp3) is 0.133. The standard InChI is InChI=1S/C30H29N3O4S/c1-20-16-18-24(19-17-20)38(36,37)33-27-15-9-13-25(21(27)2)29(34)32-28-14-8-7-12-26(28)30(35)31-22(3)23-10-5-4-6-11-23/h4-19,22,33H,1-3H3,(H,31,35)(H,32,34)/t22-/m1/s1. The molecule has 1 atom stereocenters. The van der Waals surface area contributed by atoms with Crippen molar-refractivity contribution in [1.82, 2.24) is 5.32 Å². The molecule has 0 radical (unpaired) electrons. The van der Waals surface area contributed by atoms with Gasteiger partial charge in [0.15, 0.2) is 0 Å². The molecule has 38 heavy (non-hydrogen) atoms. The third kappa shape index (κ3) is 6.10. The van der Waals surface area contributed by atoms with Crippen LogP contribution in [0.4, 0.5) is 11.4 Å². The molecule has 0 saturated heterocycles. The molecule has 0 aliphatic carbocycles. The van der Waals surface area contributed by atoms with Gasteiger partial charge < -0.3 is 10.6 Å². The number of carbonyl (C=O) groups is 2. The Balaban J connectivity index is 1.53. The van der Waals surface area contributed by atoms with E-state index in [0.29, 0.717) is 22.5 Å². The smallest absolute Gasteiger partial charge is 0.261 e. The first-order chi connectivity index (χ1) is 18.2. The summed E-state index contributed by atoms with van der Waals surface area (Å²) in [5, 5.41) is 5.78. The molecule has 0 fully saturated rings. The van der Waals surface area contributed by atoms with Crippen LogP contribution in [0.3, 0.4) is 0 Å². The van der Waals surface area contributed by atoms with Crippen LogP contribution in [0.25, 0.3) is 0 Å². The quantitative estimate of drug-likeness (QED) is 0.267. The highest BCUT2D eigenvalue weighted by molar-refractivity contribution is 7.92. The summed E-state index contributed by atoms with van der Waals surface area (Å²) in [6.45, 7) is 5.44. The first-order valence-electron chi connectivity index (χ1n) is 12.1. The molecule has 3 N–H and O–H groups in total. The van der Waals surface area contributed by atoms with Gasteiger partial charge in [-0.15, -0.1) is 0 Å². The Morgan fingerprint density at radius 2 is 1.29 bits per heavy atom. The molecule has 194 valence electrons. The molecular weight excluding hydrogens is 498 g/mol. The van der Waals surface area contributed by atoms with Crippen molar-refractivity contribution in [2.75, 3.05) is 10.0 Å². The van der Waals surface area contributed by atoms with E-state index >= 15 is 0 Å². The second kappa shape index (κ2) is 11.3. The first-order valence-corrected chi connectivity index (χ1v) is 13.6. The van der Waals surface area contributed by atoms with Crippen molar-refractivity contribution in [1.29, 1.82) is 0 Å². The third-order valence-electron chi connectivity index (χ3n) is 6.22. The van der Waals surface area contributed by atoms with Crippen molar-refractivity contribution in [2.24, 2.45) is 0 Å². The summed E-state index contributed by atoms with van der Waals surface area (Å²) in [4.78, 5) is 26.4. The van der Waals surface area contributed by atoms with Gasteiger partial charge in [0.25, 0.3) is 21.8 Å². The molecule has 8 heteroatoms. The van der Waals surface area contributed by atoms with Gasteiger partial charge >= 0.3 is 0 Å². The lowest BCUT2D eigenvalue weighted by molar-refractivity contribution is 0.0940. The van der Waals surface area contributed by atoms with Crippen molar-refractivity contribution in [3.05, 3.63) is 125 Å². The molecule has 2 amide bonds. The number of carbonyl (C=O) groups excluding carboxylic acids is 2. The van der Waals surface area contributed by atoms with E-state index in [1.165, 1.54) is 12.1 Å². The maximum Gasteiger partial charge on any atom is 0.261 e. The molecule has 4 rings (SSSR count). The van der Waals surface area contributed by atoms with E-state index in [-0.39, 0.29) is 22.4 Å². The van der Waals surface area contributed by atoms with Crippen LogP contribution in [-0.4, -0.2) is 20.2 Å². The summed E-state index contributed by atoms with van der Waals surface area (Å²) in [6, 6.07) is 27.4. The van der Waals surface area contributed by atoms with Crippen LogP contribution < -0.4 is 15.4 Å². The third-order valence-corrected chi connectivity index (χ3v) is 7.60. The van der Waals surface area contributed by atoms with Gasteiger partial charge in [-0.25, -0.2) is 8.42 Å². The Morgan fingerprint density at radius 1 is 0.684 bits per heavy atom. The highest BCUT2D eigenvalue weighted by atomic mass is 32.2. The summed E-state index contributed by atoms with van der Waals surface area (Å²) >= 11 is 0. The minimum absolute atomic E-state index is 0.127. The number of rotatable bonds is 8. The lowest BCUT2D eigenvalue weighted by atomic mass is 10.1. The molecule has 0 unspecified atom stereocenters. The Hall–Kier alpha value is -4.43. The van der Waals surface area contributed by atoms with Gasteiger partial charge in [0, 0.05) is 5.56 Å². The van der Waals surface area contributed by atoms with Crippen LogP contribution in [0.2, 0.25) is 0 Å². The Labute approximate surface area is 223 Å². The second-order valence-electron chi connectivity index (χ2n) is 9.00. The molecule has 0 spiro atoms. The predicted octanol–water partition coefficient (Wildman–Crippen LogP) is 5.85. The number of anilines is 2. The van der Waals surface area contributed by atoms with Gasteiger partial charge in [0.2, 0.25) is 0 Å². The van der Waals surface area contributed by atoms with E-state index in [4.69, 9.17) is 0 Å². The number of benzene rings is 4. The number of hydrogen-bond donors (Lipinski definition) is 3. The Kier molecular flexibility index (Phi) is 7.93. The summed E-state index contributed by atoms with van der Waals surface area (Å²) in [6.07, 6.45) is 0. The van der Waals surface area contributed by atoms with Crippen molar-refractivity contribution >= 4 is 33.2 Å². The largest absolute Gasteiger partial charge is 0.345 e. The Morgan fingerprint density at radius 3 is 2.00 bits per heavy atom. The SMILES string of the molecule is Cc1ccc(S(=O)(=O)Nc2cccc(C(=O)Nc3ccccc3C(=O)N[C@H](C)c3ccccc3)c2C)cc1. The molecule has 0 saturated carbocycles. The number of nitrogens with one attached hydrogen (secondary N) is 3. The molecule has 4 aromatic rings. The van der Waals surface area contributed by atoms with Gasteiger partial charge in [-0.3, -0.25) is 14.3 Å². The summed E-state index contributed by atoms with van der Waals surface area (Å²) < 4.78 is 28.4. The van der Waals surface area contributed by atoms with Gasteiger partial charge in [-0.2, -0.15) is 0 Å². The first kappa shape index (κ1) is 26.6. The summed E-state index contributed by atoms with van der Waals surface area (Å²) in [7, 11) is -3.84. The van der Waals surface area contributed by atoms with Crippen LogP contribution in [0.1, 0.15) is 50.4 Å². The van der Waals surface area contributed by atoms with Crippen LogP contribution >= 0.6 is 0 Å². The number of aryl methyl sites for hydroxylation is 1. The van der Waals surface area contributed by atoms with Crippen molar-refractivity contribution in [3.63, 3.8) is 0 Å². The van der Waals surface area contributed by atoms with E-state index in [1.54, 1.807) is 61.5 Å². The van der Waals surface area contributed by atoms with Crippen molar-refractivity contribution in [3.8, 4) is 0 Å². The summed E-state index contributed by atoms with van der Waals surface area (Å²) in [5.41, 5.74) is 3.60. The van der Waals surface area contributed by atoms with E-state index in [9.17, 15) is 18.0 Å². The van der Waals surface area contributed by atoms with Gasteiger partial charge in [0.05, 0.1) is 27.9 Å². The topological polar surface area (TPSA) is 104 Å².